The Balaban J connectivity index is 1.94. The van der Waals surface area contributed by atoms with Crippen LogP contribution in [0.5, 0.6) is 17.2 Å². The molecule has 0 saturated heterocycles. The Kier molecular flexibility index (Phi) is 5.48. The fourth-order valence-corrected chi connectivity index (χ4v) is 3.66. The highest BCUT2D eigenvalue weighted by atomic mass is 16.5. The van der Waals surface area contributed by atoms with E-state index in [1.54, 1.807) is 26.4 Å². The topological polar surface area (TPSA) is 51.8 Å². The fraction of sp³-hybridized carbons (Fsp3) is 0.154. The van der Waals surface area contributed by atoms with Gasteiger partial charge in [-0.15, -0.1) is 0 Å². The van der Waals surface area contributed by atoms with Gasteiger partial charge in [0.2, 0.25) is 0 Å². The minimum atomic E-state index is 0.231. The Morgan fingerprint density at radius 2 is 1.13 bits per heavy atom. The third-order valence-electron chi connectivity index (χ3n) is 5.22. The number of phenols is 1. The highest BCUT2D eigenvalue weighted by Crippen LogP contribution is 2.44. The molecule has 4 heteroatoms. The summed E-state index contributed by atoms with van der Waals surface area (Å²) in [7, 11) is 3.32. The highest BCUT2D eigenvalue weighted by Gasteiger charge is 2.23. The fourth-order valence-electron chi connectivity index (χ4n) is 3.66. The van der Waals surface area contributed by atoms with Gasteiger partial charge in [-0.25, -0.2) is 0 Å². The zero-order valence-corrected chi connectivity index (χ0v) is 17.3. The average molecular weight is 400 g/mol. The maximum absolute atomic E-state index is 9.69. The molecule has 152 valence electrons. The molecule has 0 atom stereocenters. The predicted molar refractivity (Wildman–Crippen MR) is 119 cm³/mol. The second-order valence-corrected chi connectivity index (χ2v) is 6.97. The smallest absolute Gasteiger partial charge is 0.142 e. The summed E-state index contributed by atoms with van der Waals surface area (Å²) in [6.45, 7) is 2.12. The third kappa shape index (κ3) is 3.64. The first kappa shape index (κ1) is 19.6. The van der Waals surface area contributed by atoms with Gasteiger partial charge in [-0.3, -0.25) is 0 Å². The van der Waals surface area contributed by atoms with Crippen LogP contribution in [0.25, 0.3) is 33.8 Å². The molecule has 0 spiro atoms. The molecule has 30 heavy (non-hydrogen) atoms. The maximum atomic E-state index is 9.69. The van der Waals surface area contributed by atoms with Crippen LogP contribution in [-0.2, 0) is 6.42 Å². The predicted octanol–water partition coefficient (Wildman–Crippen LogP) is 6.57. The minimum absolute atomic E-state index is 0.231. The average Bonchev–Trinajstić information content (AvgIpc) is 3.19. The van der Waals surface area contributed by atoms with E-state index in [1.165, 1.54) is 0 Å². The van der Waals surface area contributed by atoms with E-state index in [2.05, 4.69) is 19.1 Å². The van der Waals surface area contributed by atoms with E-state index in [9.17, 15) is 5.11 Å². The Morgan fingerprint density at radius 1 is 0.667 bits per heavy atom. The number of hydrogen-bond donors (Lipinski definition) is 1. The Bertz CT molecular complexity index is 1120. The van der Waals surface area contributed by atoms with Crippen LogP contribution < -0.4 is 9.47 Å². The van der Waals surface area contributed by atoms with Crippen LogP contribution in [0.15, 0.2) is 77.2 Å². The van der Waals surface area contributed by atoms with E-state index in [0.29, 0.717) is 0 Å². The number of furan rings is 1. The molecule has 1 heterocycles. The third-order valence-corrected chi connectivity index (χ3v) is 5.22. The molecule has 4 aromatic rings. The summed E-state index contributed by atoms with van der Waals surface area (Å²) < 4.78 is 17.1. The van der Waals surface area contributed by atoms with Gasteiger partial charge in [0.05, 0.1) is 14.2 Å². The Labute approximate surface area is 176 Å². The molecule has 4 rings (SSSR count). The summed E-state index contributed by atoms with van der Waals surface area (Å²) in [6, 6.07) is 23.0. The van der Waals surface area contributed by atoms with Gasteiger partial charge in [0.1, 0.15) is 28.8 Å². The monoisotopic (exact) mass is 400 g/mol. The van der Waals surface area contributed by atoms with Gasteiger partial charge in [-0.1, -0.05) is 19.1 Å². The summed E-state index contributed by atoms with van der Waals surface area (Å²) in [5.74, 6) is 3.46. The van der Waals surface area contributed by atoms with E-state index in [4.69, 9.17) is 13.9 Å². The summed E-state index contributed by atoms with van der Waals surface area (Å²) in [4.78, 5) is 0. The van der Waals surface area contributed by atoms with Gasteiger partial charge < -0.3 is 19.0 Å². The van der Waals surface area contributed by atoms with Crippen molar-refractivity contribution in [2.24, 2.45) is 0 Å². The highest BCUT2D eigenvalue weighted by molar-refractivity contribution is 5.88. The van der Waals surface area contributed by atoms with Crippen molar-refractivity contribution >= 4 is 0 Å². The molecule has 0 aliphatic heterocycles. The summed E-state index contributed by atoms with van der Waals surface area (Å²) >= 11 is 0. The molecule has 4 nitrogen and oxygen atoms in total. The normalized spacial score (nSPS) is 10.8. The number of aromatic hydroxyl groups is 1. The van der Waals surface area contributed by atoms with Crippen molar-refractivity contribution in [2.75, 3.05) is 14.2 Å². The van der Waals surface area contributed by atoms with Gasteiger partial charge in [-0.2, -0.15) is 0 Å². The van der Waals surface area contributed by atoms with Crippen LogP contribution in [0.1, 0.15) is 12.5 Å². The van der Waals surface area contributed by atoms with Crippen LogP contribution in [0.2, 0.25) is 0 Å². The maximum Gasteiger partial charge on any atom is 0.142 e. The summed E-state index contributed by atoms with van der Waals surface area (Å²) in [5.41, 5.74) is 5.15. The minimum Gasteiger partial charge on any atom is -0.508 e. The number of ether oxygens (including phenoxy) is 2. The number of hydrogen-bond acceptors (Lipinski definition) is 4. The molecule has 1 N–H and O–H groups in total. The van der Waals surface area contributed by atoms with Crippen molar-refractivity contribution in [3.05, 3.63) is 78.4 Å². The lowest BCUT2D eigenvalue weighted by atomic mass is 9.94. The van der Waals surface area contributed by atoms with Gasteiger partial charge in [-0.05, 0) is 72.6 Å². The Morgan fingerprint density at radius 3 is 1.63 bits per heavy atom. The number of phenolic OH excluding ortho intramolecular Hbond substituents is 1. The van der Waals surface area contributed by atoms with Gasteiger partial charge >= 0.3 is 0 Å². The molecule has 0 bridgehead atoms. The number of rotatable bonds is 6. The van der Waals surface area contributed by atoms with Crippen molar-refractivity contribution in [3.63, 3.8) is 0 Å². The van der Waals surface area contributed by atoms with Gasteiger partial charge in [0.25, 0.3) is 0 Å². The molecule has 0 fully saturated rings. The molecule has 0 aliphatic carbocycles. The lowest BCUT2D eigenvalue weighted by Gasteiger charge is -2.08. The Hall–Kier alpha value is -3.66. The summed E-state index contributed by atoms with van der Waals surface area (Å²) in [5, 5.41) is 9.69. The van der Waals surface area contributed by atoms with Crippen molar-refractivity contribution in [1.82, 2.24) is 0 Å². The van der Waals surface area contributed by atoms with E-state index in [-0.39, 0.29) is 5.75 Å². The largest absolute Gasteiger partial charge is 0.508 e. The standard InChI is InChI=1S/C26H24O4/c1-4-23-24(17-7-13-21(28-2)14-8-17)26(19-9-15-22(29-3)16-10-19)30-25(23)18-5-11-20(27)12-6-18/h5-16,27H,4H2,1-3H3. The van der Waals surface area contributed by atoms with Crippen molar-refractivity contribution < 1.29 is 19.0 Å². The molecule has 3 aromatic carbocycles. The molecule has 0 amide bonds. The number of benzene rings is 3. The van der Waals surface area contributed by atoms with Crippen LogP contribution in [-0.4, -0.2) is 19.3 Å². The van der Waals surface area contributed by atoms with Gasteiger partial charge in [0, 0.05) is 22.3 Å². The molecule has 1 aromatic heterocycles. The first-order chi connectivity index (χ1) is 14.6. The van der Waals surface area contributed by atoms with Crippen molar-refractivity contribution in [2.45, 2.75) is 13.3 Å². The van der Waals surface area contributed by atoms with Gasteiger partial charge in [0.15, 0.2) is 0 Å². The second kappa shape index (κ2) is 8.37. The van der Waals surface area contributed by atoms with Crippen LogP contribution in [0, 0.1) is 0 Å². The van der Waals surface area contributed by atoms with Crippen LogP contribution >= 0.6 is 0 Å². The van der Waals surface area contributed by atoms with Crippen molar-refractivity contribution in [3.8, 4) is 51.0 Å². The summed E-state index contributed by atoms with van der Waals surface area (Å²) in [6.07, 6.45) is 0.803. The lowest BCUT2D eigenvalue weighted by Crippen LogP contribution is -1.89. The van der Waals surface area contributed by atoms with Crippen LogP contribution in [0.4, 0.5) is 0 Å². The SMILES string of the molecule is CCc1c(-c2ccc(O)cc2)oc(-c2ccc(OC)cc2)c1-c1ccc(OC)cc1. The van der Waals surface area contributed by atoms with E-state index < -0.39 is 0 Å². The quantitative estimate of drug-likeness (QED) is 0.398. The molecular weight excluding hydrogens is 376 g/mol. The van der Waals surface area contributed by atoms with Crippen molar-refractivity contribution in [1.29, 1.82) is 0 Å². The van der Waals surface area contributed by atoms with Crippen LogP contribution in [0.3, 0.4) is 0 Å². The van der Waals surface area contributed by atoms with E-state index in [0.717, 1.165) is 57.3 Å². The molecule has 0 unspecified atom stereocenters. The first-order valence-electron chi connectivity index (χ1n) is 9.88. The zero-order valence-electron chi connectivity index (χ0n) is 17.3. The number of methoxy groups -OCH3 is 2. The molecule has 0 aliphatic rings. The second-order valence-electron chi connectivity index (χ2n) is 6.97. The molecule has 0 radical (unpaired) electrons. The van der Waals surface area contributed by atoms with E-state index >= 15 is 0 Å². The lowest BCUT2D eigenvalue weighted by molar-refractivity contribution is 0.414. The van der Waals surface area contributed by atoms with E-state index in [1.807, 2.05) is 48.5 Å². The first-order valence-corrected chi connectivity index (χ1v) is 9.88. The molecule has 0 saturated carbocycles. The molecular formula is C26H24O4. The zero-order chi connectivity index (χ0) is 21.1.